The molecule has 0 bridgehead atoms. The second-order valence-electron chi connectivity index (χ2n) is 6.06. The Bertz CT molecular complexity index is 762. The van der Waals surface area contributed by atoms with Crippen molar-refractivity contribution in [3.63, 3.8) is 0 Å². The van der Waals surface area contributed by atoms with Gasteiger partial charge in [-0.1, -0.05) is 0 Å². The molecule has 8 heteroatoms. The van der Waals surface area contributed by atoms with Gasteiger partial charge < -0.3 is 10.2 Å². The first-order chi connectivity index (χ1) is 12.0. The SMILES string of the molecule is Cc1nc(CC(=O)N2CCCC(C(=O)Nc3ccc(Br)cn3)C2)cs1. The number of likely N-dealkylation sites (tertiary alicyclic amines) is 1. The van der Waals surface area contributed by atoms with Gasteiger partial charge in [-0.15, -0.1) is 11.3 Å². The summed E-state index contributed by atoms with van der Waals surface area (Å²) in [5.41, 5.74) is 0.804. The molecule has 2 aromatic heterocycles. The summed E-state index contributed by atoms with van der Waals surface area (Å²) in [5.74, 6) is 0.260. The Morgan fingerprint density at radius 1 is 1.44 bits per heavy atom. The van der Waals surface area contributed by atoms with Gasteiger partial charge in [-0.2, -0.15) is 0 Å². The van der Waals surface area contributed by atoms with Gasteiger partial charge in [0.25, 0.3) is 0 Å². The first-order valence-electron chi connectivity index (χ1n) is 8.12. The van der Waals surface area contributed by atoms with E-state index in [4.69, 9.17) is 0 Å². The van der Waals surface area contributed by atoms with E-state index in [2.05, 4.69) is 31.2 Å². The largest absolute Gasteiger partial charge is 0.342 e. The molecule has 1 atom stereocenters. The normalized spacial score (nSPS) is 17.4. The van der Waals surface area contributed by atoms with Crippen LogP contribution in [0.25, 0.3) is 0 Å². The predicted molar refractivity (Wildman–Crippen MR) is 100 cm³/mol. The third-order valence-electron chi connectivity index (χ3n) is 4.12. The highest BCUT2D eigenvalue weighted by Gasteiger charge is 2.28. The molecule has 3 heterocycles. The van der Waals surface area contributed by atoms with Crippen LogP contribution < -0.4 is 5.32 Å². The first kappa shape index (κ1) is 18.0. The molecular weight excluding hydrogens is 404 g/mol. The number of anilines is 1. The fraction of sp³-hybridized carbons (Fsp3) is 0.412. The van der Waals surface area contributed by atoms with Crippen molar-refractivity contribution in [3.05, 3.63) is 38.9 Å². The molecule has 1 unspecified atom stereocenters. The fourth-order valence-electron chi connectivity index (χ4n) is 2.85. The molecule has 0 radical (unpaired) electrons. The molecule has 2 amide bonds. The number of carbonyl (C=O) groups is 2. The summed E-state index contributed by atoms with van der Waals surface area (Å²) in [6.07, 6.45) is 3.55. The summed E-state index contributed by atoms with van der Waals surface area (Å²) >= 11 is 4.86. The molecule has 0 saturated carbocycles. The minimum Gasteiger partial charge on any atom is -0.342 e. The van der Waals surface area contributed by atoms with E-state index in [0.717, 1.165) is 28.0 Å². The van der Waals surface area contributed by atoms with Crippen molar-refractivity contribution in [2.45, 2.75) is 26.2 Å². The minimum atomic E-state index is -0.208. The monoisotopic (exact) mass is 422 g/mol. The fourth-order valence-corrected chi connectivity index (χ4v) is 3.70. The van der Waals surface area contributed by atoms with Gasteiger partial charge in [0.15, 0.2) is 0 Å². The molecule has 0 aliphatic carbocycles. The highest BCUT2D eigenvalue weighted by atomic mass is 79.9. The van der Waals surface area contributed by atoms with Crippen LogP contribution in [0.1, 0.15) is 23.5 Å². The van der Waals surface area contributed by atoms with Crippen molar-refractivity contribution < 1.29 is 9.59 Å². The Labute approximate surface area is 158 Å². The van der Waals surface area contributed by atoms with Gasteiger partial charge in [-0.05, 0) is 47.8 Å². The van der Waals surface area contributed by atoms with Gasteiger partial charge in [0.05, 0.1) is 23.0 Å². The molecule has 1 aliphatic heterocycles. The van der Waals surface area contributed by atoms with Crippen LogP contribution >= 0.6 is 27.3 Å². The lowest BCUT2D eigenvalue weighted by atomic mass is 9.96. The molecule has 25 heavy (non-hydrogen) atoms. The Kier molecular flexibility index (Phi) is 5.80. The third kappa shape index (κ3) is 4.85. The number of carbonyl (C=O) groups excluding carboxylic acids is 2. The number of hydrogen-bond donors (Lipinski definition) is 1. The van der Waals surface area contributed by atoms with Crippen LogP contribution in [0.4, 0.5) is 5.82 Å². The summed E-state index contributed by atoms with van der Waals surface area (Å²) in [6.45, 7) is 3.07. The van der Waals surface area contributed by atoms with Crippen LogP contribution in [-0.2, 0) is 16.0 Å². The van der Waals surface area contributed by atoms with E-state index < -0.39 is 0 Å². The standard InChI is InChI=1S/C17H19BrN4O2S/c1-11-20-14(10-25-11)7-16(23)22-6-2-3-12(9-22)17(24)21-15-5-4-13(18)8-19-15/h4-5,8,10,12H,2-3,6-7,9H2,1H3,(H,19,21,24). The molecular formula is C17H19BrN4O2S. The van der Waals surface area contributed by atoms with Crippen LogP contribution in [0.2, 0.25) is 0 Å². The third-order valence-corrected chi connectivity index (χ3v) is 5.41. The Morgan fingerprint density at radius 2 is 2.28 bits per heavy atom. The number of halogens is 1. The summed E-state index contributed by atoms with van der Waals surface area (Å²) in [5, 5.41) is 5.71. The highest BCUT2D eigenvalue weighted by molar-refractivity contribution is 9.10. The molecule has 2 aromatic rings. The van der Waals surface area contributed by atoms with E-state index in [1.165, 1.54) is 0 Å². The first-order valence-corrected chi connectivity index (χ1v) is 9.80. The number of nitrogens with one attached hydrogen (secondary N) is 1. The quantitative estimate of drug-likeness (QED) is 0.821. The zero-order valence-electron chi connectivity index (χ0n) is 13.9. The molecule has 6 nitrogen and oxygen atoms in total. The van der Waals surface area contributed by atoms with Crippen molar-refractivity contribution in [2.75, 3.05) is 18.4 Å². The van der Waals surface area contributed by atoms with Gasteiger partial charge in [0.1, 0.15) is 5.82 Å². The molecule has 1 fully saturated rings. The van der Waals surface area contributed by atoms with E-state index in [-0.39, 0.29) is 17.7 Å². The topological polar surface area (TPSA) is 75.2 Å². The summed E-state index contributed by atoms with van der Waals surface area (Å²) in [7, 11) is 0. The van der Waals surface area contributed by atoms with Crippen molar-refractivity contribution >= 4 is 44.9 Å². The number of pyridine rings is 1. The summed E-state index contributed by atoms with van der Waals surface area (Å²) in [6, 6.07) is 3.58. The van der Waals surface area contributed by atoms with Gasteiger partial charge in [0.2, 0.25) is 11.8 Å². The number of rotatable bonds is 4. The maximum atomic E-state index is 12.5. The number of nitrogens with zero attached hydrogens (tertiary/aromatic N) is 3. The maximum Gasteiger partial charge on any atom is 0.230 e. The number of amides is 2. The van der Waals surface area contributed by atoms with Crippen LogP contribution in [0, 0.1) is 12.8 Å². The van der Waals surface area contributed by atoms with E-state index in [0.29, 0.717) is 25.3 Å². The average molecular weight is 423 g/mol. The van der Waals surface area contributed by atoms with E-state index in [9.17, 15) is 9.59 Å². The summed E-state index contributed by atoms with van der Waals surface area (Å²) in [4.78, 5) is 35.2. The molecule has 0 spiro atoms. The Morgan fingerprint density at radius 3 is 2.96 bits per heavy atom. The molecule has 1 N–H and O–H groups in total. The average Bonchev–Trinajstić information content (AvgIpc) is 3.02. The van der Waals surface area contributed by atoms with Crippen LogP contribution in [0.15, 0.2) is 28.2 Å². The van der Waals surface area contributed by atoms with Crippen LogP contribution in [0.3, 0.4) is 0 Å². The van der Waals surface area contributed by atoms with Crippen molar-refractivity contribution in [2.24, 2.45) is 5.92 Å². The molecule has 1 saturated heterocycles. The second-order valence-corrected chi connectivity index (χ2v) is 8.04. The smallest absolute Gasteiger partial charge is 0.230 e. The Hall–Kier alpha value is -1.80. The highest BCUT2D eigenvalue weighted by Crippen LogP contribution is 2.20. The zero-order chi connectivity index (χ0) is 17.8. The van der Waals surface area contributed by atoms with E-state index in [1.807, 2.05) is 18.4 Å². The van der Waals surface area contributed by atoms with Crippen LogP contribution in [0.5, 0.6) is 0 Å². The van der Waals surface area contributed by atoms with Crippen molar-refractivity contribution in [1.29, 1.82) is 0 Å². The van der Waals surface area contributed by atoms with Gasteiger partial charge in [-0.3, -0.25) is 9.59 Å². The van der Waals surface area contributed by atoms with Crippen molar-refractivity contribution in [1.82, 2.24) is 14.9 Å². The molecule has 0 aromatic carbocycles. The number of aromatic nitrogens is 2. The number of piperidine rings is 1. The number of thiazole rings is 1. The van der Waals surface area contributed by atoms with Gasteiger partial charge >= 0.3 is 0 Å². The lowest BCUT2D eigenvalue weighted by molar-refractivity contribution is -0.134. The van der Waals surface area contributed by atoms with Crippen LogP contribution in [-0.4, -0.2) is 39.8 Å². The summed E-state index contributed by atoms with van der Waals surface area (Å²) < 4.78 is 0.859. The van der Waals surface area contributed by atoms with Crippen molar-refractivity contribution in [3.8, 4) is 0 Å². The zero-order valence-corrected chi connectivity index (χ0v) is 16.3. The van der Waals surface area contributed by atoms with Gasteiger partial charge in [0, 0.05) is 29.1 Å². The minimum absolute atomic E-state index is 0.0320. The second kappa shape index (κ2) is 8.05. The lowest BCUT2D eigenvalue weighted by Gasteiger charge is -2.32. The lowest BCUT2D eigenvalue weighted by Crippen LogP contribution is -2.44. The number of aryl methyl sites for hydroxylation is 1. The van der Waals surface area contributed by atoms with Gasteiger partial charge in [-0.25, -0.2) is 9.97 Å². The predicted octanol–water partition coefficient (Wildman–Crippen LogP) is 3.03. The molecule has 3 rings (SSSR count). The molecule has 1 aliphatic rings. The molecule has 132 valence electrons. The number of hydrogen-bond acceptors (Lipinski definition) is 5. The van der Waals surface area contributed by atoms with E-state index in [1.54, 1.807) is 28.5 Å². The van der Waals surface area contributed by atoms with E-state index >= 15 is 0 Å². The maximum absolute atomic E-state index is 12.5. The Balaban J connectivity index is 1.57.